The number of pyridine rings is 1. The van der Waals surface area contributed by atoms with Crippen LogP contribution in [0.2, 0.25) is 0 Å². The Morgan fingerprint density at radius 2 is 1.88 bits per heavy atom. The van der Waals surface area contributed by atoms with E-state index in [4.69, 9.17) is 5.11 Å². The average molecular weight is 234 g/mol. The molecular formula is C12H14N2O3. The first-order valence-electron chi connectivity index (χ1n) is 5.66. The lowest BCUT2D eigenvalue weighted by Crippen LogP contribution is -2.36. The van der Waals surface area contributed by atoms with E-state index >= 15 is 0 Å². The van der Waals surface area contributed by atoms with Crippen molar-refractivity contribution in [3.8, 4) is 0 Å². The van der Waals surface area contributed by atoms with E-state index in [2.05, 4.69) is 4.98 Å². The van der Waals surface area contributed by atoms with Gasteiger partial charge in [0.2, 0.25) is 0 Å². The normalized spacial score (nSPS) is 15.6. The van der Waals surface area contributed by atoms with Gasteiger partial charge in [-0.05, 0) is 25.3 Å². The van der Waals surface area contributed by atoms with E-state index in [0.29, 0.717) is 13.1 Å². The van der Waals surface area contributed by atoms with Gasteiger partial charge in [-0.25, -0.2) is 4.79 Å². The van der Waals surface area contributed by atoms with E-state index in [0.717, 1.165) is 19.3 Å². The zero-order valence-corrected chi connectivity index (χ0v) is 9.43. The molecule has 0 aromatic carbocycles. The molecule has 0 atom stereocenters. The minimum Gasteiger partial charge on any atom is -0.478 e. The molecule has 1 aliphatic rings. The second kappa shape index (κ2) is 4.95. The van der Waals surface area contributed by atoms with Crippen molar-refractivity contribution in [2.24, 2.45) is 0 Å². The molecule has 2 heterocycles. The van der Waals surface area contributed by atoms with Crippen LogP contribution in [-0.2, 0) is 0 Å². The predicted octanol–water partition coefficient (Wildman–Crippen LogP) is 1.41. The number of aromatic carboxylic acids is 1. The Balaban J connectivity index is 2.26. The van der Waals surface area contributed by atoms with Crippen LogP contribution in [0, 0.1) is 0 Å². The van der Waals surface area contributed by atoms with Crippen LogP contribution in [0.25, 0.3) is 0 Å². The molecule has 1 aromatic heterocycles. The van der Waals surface area contributed by atoms with E-state index in [-0.39, 0.29) is 17.0 Å². The Labute approximate surface area is 99.1 Å². The van der Waals surface area contributed by atoms with Gasteiger partial charge in [-0.1, -0.05) is 0 Å². The van der Waals surface area contributed by atoms with Crippen LogP contribution in [-0.4, -0.2) is 40.0 Å². The first-order valence-corrected chi connectivity index (χ1v) is 5.66. The number of rotatable bonds is 2. The molecule has 0 aliphatic carbocycles. The minimum atomic E-state index is -1.11. The Morgan fingerprint density at radius 3 is 2.53 bits per heavy atom. The van der Waals surface area contributed by atoms with Crippen molar-refractivity contribution in [2.45, 2.75) is 19.3 Å². The second-order valence-corrected chi connectivity index (χ2v) is 4.08. The van der Waals surface area contributed by atoms with Crippen LogP contribution in [0.1, 0.15) is 40.0 Å². The Hall–Kier alpha value is -1.91. The molecule has 90 valence electrons. The minimum absolute atomic E-state index is 0.0249. The van der Waals surface area contributed by atoms with Gasteiger partial charge in [0, 0.05) is 25.5 Å². The zero-order chi connectivity index (χ0) is 12.3. The van der Waals surface area contributed by atoms with Crippen molar-refractivity contribution >= 4 is 11.9 Å². The maximum atomic E-state index is 12.2. The number of piperidine rings is 1. The van der Waals surface area contributed by atoms with Crippen molar-refractivity contribution in [1.29, 1.82) is 0 Å². The quantitative estimate of drug-likeness (QED) is 0.839. The standard InChI is InChI=1S/C12H14N2O3/c15-11(14-6-2-1-3-7-14)9-4-5-13-8-10(9)12(16)17/h4-5,8H,1-3,6-7H2,(H,16,17). The number of amides is 1. The molecule has 1 aromatic rings. The third kappa shape index (κ3) is 2.43. The summed E-state index contributed by atoms with van der Waals surface area (Å²) in [4.78, 5) is 28.6. The van der Waals surface area contributed by atoms with E-state index in [9.17, 15) is 9.59 Å². The molecule has 0 radical (unpaired) electrons. The highest BCUT2D eigenvalue weighted by atomic mass is 16.4. The van der Waals surface area contributed by atoms with E-state index in [1.807, 2.05) is 0 Å². The van der Waals surface area contributed by atoms with Crippen LogP contribution >= 0.6 is 0 Å². The molecule has 0 saturated carbocycles. The number of nitrogens with zero attached hydrogens (tertiary/aromatic N) is 2. The number of carboxylic acid groups (broad SMARTS) is 1. The molecule has 5 heteroatoms. The lowest BCUT2D eigenvalue weighted by atomic mass is 10.1. The first-order chi connectivity index (χ1) is 8.20. The second-order valence-electron chi connectivity index (χ2n) is 4.08. The molecule has 5 nitrogen and oxygen atoms in total. The molecule has 17 heavy (non-hydrogen) atoms. The number of aromatic nitrogens is 1. The van der Waals surface area contributed by atoms with E-state index in [1.54, 1.807) is 4.90 Å². The fraction of sp³-hybridized carbons (Fsp3) is 0.417. The molecule has 1 fully saturated rings. The topological polar surface area (TPSA) is 70.5 Å². The van der Waals surface area contributed by atoms with Gasteiger partial charge in [0.1, 0.15) is 0 Å². The number of likely N-dealkylation sites (tertiary alicyclic amines) is 1. The highest BCUT2D eigenvalue weighted by molar-refractivity contribution is 6.04. The van der Waals surface area contributed by atoms with Crippen LogP contribution in [0.15, 0.2) is 18.5 Å². The number of carbonyl (C=O) groups is 2. The molecule has 0 bridgehead atoms. The van der Waals surface area contributed by atoms with Crippen LogP contribution in [0.3, 0.4) is 0 Å². The first kappa shape index (κ1) is 11.6. The van der Waals surface area contributed by atoms with Crippen molar-refractivity contribution in [1.82, 2.24) is 9.88 Å². The monoisotopic (exact) mass is 234 g/mol. The van der Waals surface area contributed by atoms with Crippen molar-refractivity contribution in [3.63, 3.8) is 0 Å². The fourth-order valence-electron chi connectivity index (χ4n) is 2.02. The van der Waals surface area contributed by atoms with Gasteiger partial charge in [0.05, 0.1) is 11.1 Å². The highest BCUT2D eigenvalue weighted by Gasteiger charge is 2.22. The number of hydrogen-bond acceptors (Lipinski definition) is 3. The molecule has 1 aliphatic heterocycles. The number of carboxylic acids is 1. The van der Waals surface area contributed by atoms with Gasteiger partial charge < -0.3 is 10.0 Å². The lowest BCUT2D eigenvalue weighted by Gasteiger charge is -2.27. The largest absolute Gasteiger partial charge is 0.478 e. The van der Waals surface area contributed by atoms with Crippen molar-refractivity contribution in [3.05, 3.63) is 29.6 Å². The summed E-state index contributed by atoms with van der Waals surface area (Å²) in [5, 5.41) is 9.00. The molecule has 1 N–H and O–H groups in total. The molecule has 2 rings (SSSR count). The van der Waals surface area contributed by atoms with Gasteiger partial charge in [-0.3, -0.25) is 9.78 Å². The summed E-state index contributed by atoms with van der Waals surface area (Å²) >= 11 is 0. The van der Waals surface area contributed by atoms with E-state index < -0.39 is 5.97 Å². The summed E-state index contributed by atoms with van der Waals surface area (Å²) < 4.78 is 0. The molecule has 1 amide bonds. The smallest absolute Gasteiger partial charge is 0.338 e. The van der Waals surface area contributed by atoms with Gasteiger partial charge in [-0.15, -0.1) is 0 Å². The maximum Gasteiger partial charge on any atom is 0.338 e. The molecular weight excluding hydrogens is 220 g/mol. The fourth-order valence-corrected chi connectivity index (χ4v) is 2.02. The van der Waals surface area contributed by atoms with Crippen LogP contribution < -0.4 is 0 Å². The Bertz CT molecular complexity index is 439. The molecule has 0 unspecified atom stereocenters. The third-order valence-electron chi connectivity index (χ3n) is 2.93. The summed E-state index contributed by atoms with van der Waals surface area (Å²) in [5.74, 6) is -1.32. The lowest BCUT2D eigenvalue weighted by molar-refractivity contribution is 0.0665. The Morgan fingerprint density at radius 1 is 1.18 bits per heavy atom. The number of carbonyl (C=O) groups excluding carboxylic acids is 1. The summed E-state index contributed by atoms with van der Waals surface area (Å²) in [6, 6.07) is 1.47. The SMILES string of the molecule is O=C(O)c1cnccc1C(=O)N1CCCCC1. The summed E-state index contributed by atoms with van der Waals surface area (Å²) in [5.41, 5.74) is 0.206. The van der Waals surface area contributed by atoms with Crippen LogP contribution in [0.4, 0.5) is 0 Å². The average Bonchev–Trinajstić information content (AvgIpc) is 2.39. The van der Waals surface area contributed by atoms with Gasteiger partial charge in [0.25, 0.3) is 5.91 Å². The van der Waals surface area contributed by atoms with Crippen molar-refractivity contribution in [2.75, 3.05) is 13.1 Å². The Kier molecular flexibility index (Phi) is 3.37. The van der Waals surface area contributed by atoms with Gasteiger partial charge in [0.15, 0.2) is 0 Å². The van der Waals surface area contributed by atoms with Gasteiger partial charge in [-0.2, -0.15) is 0 Å². The van der Waals surface area contributed by atoms with Crippen molar-refractivity contribution < 1.29 is 14.7 Å². The van der Waals surface area contributed by atoms with Crippen LogP contribution in [0.5, 0.6) is 0 Å². The summed E-state index contributed by atoms with van der Waals surface area (Å²) in [6.45, 7) is 1.42. The summed E-state index contributed by atoms with van der Waals surface area (Å²) in [6.07, 6.45) is 5.77. The molecule has 0 spiro atoms. The highest BCUT2D eigenvalue weighted by Crippen LogP contribution is 2.15. The van der Waals surface area contributed by atoms with Gasteiger partial charge >= 0.3 is 5.97 Å². The number of hydrogen-bond donors (Lipinski definition) is 1. The predicted molar refractivity (Wildman–Crippen MR) is 61.0 cm³/mol. The zero-order valence-electron chi connectivity index (χ0n) is 9.43. The molecule has 1 saturated heterocycles. The summed E-state index contributed by atoms with van der Waals surface area (Å²) in [7, 11) is 0. The van der Waals surface area contributed by atoms with E-state index in [1.165, 1.54) is 18.5 Å². The maximum absolute atomic E-state index is 12.2. The third-order valence-corrected chi connectivity index (χ3v) is 2.93.